The molecular weight excluding hydrogens is 342 g/mol. The molecule has 1 aliphatic heterocycles. The van der Waals surface area contributed by atoms with E-state index in [0.29, 0.717) is 26.1 Å². The van der Waals surface area contributed by atoms with Crippen LogP contribution in [0.2, 0.25) is 0 Å². The molecule has 2 aromatic rings. The lowest BCUT2D eigenvalue weighted by atomic mass is 10.1. The van der Waals surface area contributed by atoms with Gasteiger partial charge in [-0.05, 0) is 31.9 Å². The summed E-state index contributed by atoms with van der Waals surface area (Å²) in [6.45, 7) is 3.70. The smallest absolute Gasteiger partial charge is 0.221 e. The molecule has 2 fully saturated rings. The SMILES string of the molecule is Cc1nc2ccccc2n1CCC(=O)NC[C@@H]1COC2(CCCCCC2)O1. The average Bonchev–Trinajstić information content (AvgIpc) is 3.12. The number of benzene rings is 1. The van der Waals surface area contributed by atoms with E-state index >= 15 is 0 Å². The van der Waals surface area contributed by atoms with Gasteiger partial charge in [0.1, 0.15) is 11.9 Å². The van der Waals surface area contributed by atoms with Crippen LogP contribution in [0.5, 0.6) is 0 Å². The minimum Gasteiger partial charge on any atom is -0.353 e. The first kappa shape index (κ1) is 18.4. The van der Waals surface area contributed by atoms with Gasteiger partial charge in [0.15, 0.2) is 5.79 Å². The van der Waals surface area contributed by atoms with Crippen molar-refractivity contribution >= 4 is 16.9 Å². The molecule has 1 amide bonds. The lowest BCUT2D eigenvalue weighted by Gasteiger charge is -2.26. The Hall–Kier alpha value is -1.92. The Balaban J connectivity index is 1.26. The van der Waals surface area contributed by atoms with Gasteiger partial charge in [0, 0.05) is 32.4 Å². The van der Waals surface area contributed by atoms with Crippen LogP contribution < -0.4 is 5.32 Å². The summed E-state index contributed by atoms with van der Waals surface area (Å²) >= 11 is 0. The molecule has 1 N–H and O–H groups in total. The van der Waals surface area contributed by atoms with Crippen molar-refractivity contribution in [2.45, 2.75) is 70.3 Å². The van der Waals surface area contributed by atoms with Crippen LogP contribution in [0.25, 0.3) is 11.0 Å². The third-order valence-electron chi connectivity index (χ3n) is 5.71. The van der Waals surface area contributed by atoms with Gasteiger partial charge in [0.2, 0.25) is 5.91 Å². The van der Waals surface area contributed by atoms with Crippen LogP contribution in [0.4, 0.5) is 0 Å². The van der Waals surface area contributed by atoms with E-state index in [0.717, 1.165) is 42.5 Å². The number of nitrogens with zero attached hydrogens (tertiary/aromatic N) is 2. The Morgan fingerprint density at radius 1 is 1.26 bits per heavy atom. The maximum Gasteiger partial charge on any atom is 0.221 e. The van der Waals surface area contributed by atoms with Crippen molar-refractivity contribution in [3.8, 4) is 0 Å². The second kappa shape index (κ2) is 7.98. The van der Waals surface area contributed by atoms with E-state index in [1.807, 2.05) is 31.2 Å². The molecule has 1 spiro atoms. The monoisotopic (exact) mass is 371 g/mol. The molecule has 146 valence electrons. The van der Waals surface area contributed by atoms with Gasteiger partial charge in [-0.25, -0.2) is 4.98 Å². The fourth-order valence-electron chi connectivity index (χ4n) is 4.25. The van der Waals surface area contributed by atoms with Crippen molar-refractivity contribution in [2.75, 3.05) is 13.2 Å². The third kappa shape index (κ3) is 4.17. The van der Waals surface area contributed by atoms with E-state index in [4.69, 9.17) is 9.47 Å². The Kier molecular flexibility index (Phi) is 5.45. The number of nitrogens with one attached hydrogen (secondary N) is 1. The number of hydrogen-bond acceptors (Lipinski definition) is 4. The highest BCUT2D eigenvalue weighted by Gasteiger charge is 2.41. The van der Waals surface area contributed by atoms with Crippen molar-refractivity contribution in [3.63, 3.8) is 0 Å². The number of aromatic nitrogens is 2. The maximum absolute atomic E-state index is 12.3. The highest BCUT2D eigenvalue weighted by molar-refractivity contribution is 5.78. The van der Waals surface area contributed by atoms with Crippen molar-refractivity contribution in [1.29, 1.82) is 0 Å². The Morgan fingerprint density at radius 2 is 2.04 bits per heavy atom. The fourth-order valence-corrected chi connectivity index (χ4v) is 4.25. The van der Waals surface area contributed by atoms with Crippen molar-refractivity contribution in [1.82, 2.24) is 14.9 Å². The highest BCUT2D eigenvalue weighted by atomic mass is 16.7. The molecule has 2 heterocycles. The molecule has 27 heavy (non-hydrogen) atoms. The summed E-state index contributed by atoms with van der Waals surface area (Å²) in [6, 6.07) is 8.03. The van der Waals surface area contributed by atoms with Crippen LogP contribution in [-0.2, 0) is 20.8 Å². The average molecular weight is 371 g/mol. The van der Waals surface area contributed by atoms with Crippen LogP contribution in [0, 0.1) is 6.92 Å². The van der Waals surface area contributed by atoms with Crippen molar-refractivity contribution in [2.24, 2.45) is 0 Å². The van der Waals surface area contributed by atoms with Gasteiger partial charge in [-0.15, -0.1) is 0 Å². The fraction of sp³-hybridized carbons (Fsp3) is 0.619. The van der Waals surface area contributed by atoms with Gasteiger partial charge in [-0.1, -0.05) is 25.0 Å². The first-order valence-electron chi connectivity index (χ1n) is 10.2. The zero-order valence-electron chi connectivity index (χ0n) is 16.1. The van der Waals surface area contributed by atoms with Gasteiger partial charge in [0.05, 0.1) is 17.6 Å². The van der Waals surface area contributed by atoms with Crippen molar-refractivity contribution in [3.05, 3.63) is 30.1 Å². The number of fused-ring (bicyclic) bond motifs is 1. The predicted octanol–water partition coefficient (Wildman–Crippen LogP) is 3.32. The van der Waals surface area contributed by atoms with E-state index in [1.165, 1.54) is 12.8 Å². The Labute approximate surface area is 160 Å². The first-order chi connectivity index (χ1) is 13.2. The quantitative estimate of drug-likeness (QED) is 0.876. The number of rotatable bonds is 5. The van der Waals surface area contributed by atoms with Gasteiger partial charge < -0.3 is 19.4 Å². The second-order valence-corrected chi connectivity index (χ2v) is 7.73. The molecule has 4 rings (SSSR count). The largest absolute Gasteiger partial charge is 0.353 e. The molecule has 1 saturated carbocycles. The topological polar surface area (TPSA) is 65.4 Å². The lowest BCUT2D eigenvalue weighted by Crippen LogP contribution is -2.36. The van der Waals surface area contributed by atoms with Crippen LogP contribution in [0.1, 0.15) is 50.8 Å². The van der Waals surface area contributed by atoms with Crippen LogP contribution >= 0.6 is 0 Å². The highest BCUT2D eigenvalue weighted by Crippen LogP contribution is 2.36. The van der Waals surface area contributed by atoms with Gasteiger partial charge in [0.25, 0.3) is 0 Å². The molecule has 6 heteroatoms. The van der Waals surface area contributed by atoms with Gasteiger partial charge in [-0.3, -0.25) is 4.79 Å². The number of imidazole rings is 1. The number of amides is 1. The molecule has 0 unspecified atom stereocenters. The summed E-state index contributed by atoms with van der Waals surface area (Å²) < 4.78 is 14.3. The molecule has 1 aliphatic carbocycles. The third-order valence-corrected chi connectivity index (χ3v) is 5.71. The molecule has 1 aromatic heterocycles. The molecule has 1 saturated heterocycles. The second-order valence-electron chi connectivity index (χ2n) is 7.73. The summed E-state index contributed by atoms with van der Waals surface area (Å²) in [5, 5.41) is 3.01. The number of ether oxygens (including phenoxy) is 2. The molecule has 6 nitrogen and oxygen atoms in total. The van der Waals surface area contributed by atoms with E-state index in [2.05, 4.69) is 14.9 Å². The van der Waals surface area contributed by atoms with Gasteiger partial charge in [-0.2, -0.15) is 0 Å². The standard InChI is InChI=1S/C21H29N3O3/c1-16-23-18-8-4-5-9-19(18)24(16)13-10-20(25)22-14-17-15-26-21(27-17)11-6-2-3-7-12-21/h4-5,8-9,17H,2-3,6-7,10-15H2,1H3,(H,22,25)/t17-/m1/s1. The Bertz CT molecular complexity index is 793. The molecule has 0 bridgehead atoms. The molecular formula is C21H29N3O3. The number of carbonyl (C=O) groups excluding carboxylic acids is 1. The summed E-state index contributed by atoms with van der Waals surface area (Å²) in [6.07, 6.45) is 7.20. The summed E-state index contributed by atoms with van der Waals surface area (Å²) in [7, 11) is 0. The minimum absolute atomic E-state index is 0.0390. The van der Waals surface area contributed by atoms with E-state index in [1.54, 1.807) is 0 Å². The van der Waals surface area contributed by atoms with Crippen LogP contribution in [-0.4, -0.2) is 40.5 Å². The van der Waals surface area contributed by atoms with E-state index in [9.17, 15) is 4.79 Å². The summed E-state index contributed by atoms with van der Waals surface area (Å²) in [4.78, 5) is 16.9. The zero-order valence-corrected chi connectivity index (χ0v) is 16.1. The van der Waals surface area contributed by atoms with E-state index < -0.39 is 5.79 Å². The summed E-state index contributed by atoms with van der Waals surface area (Å²) in [5.41, 5.74) is 2.05. The van der Waals surface area contributed by atoms with Gasteiger partial charge >= 0.3 is 0 Å². The number of carbonyl (C=O) groups is 1. The van der Waals surface area contributed by atoms with Crippen LogP contribution in [0.3, 0.4) is 0 Å². The number of aryl methyl sites for hydroxylation is 2. The minimum atomic E-state index is -0.390. The van der Waals surface area contributed by atoms with Crippen molar-refractivity contribution < 1.29 is 14.3 Å². The first-order valence-corrected chi connectivity index (χ1v) is 10.2. The predicted molar refractivity (Wildman–Crippen MR) is 103 cm³/mol. The lowest BCUT2D eigenvalue weighted by molar-refractivity contribution is -0.175. The van der Waals surface area contributed by atoms with E-state index in [-0.39, 0.29) is 12.0 Å². The Morgan fingerprint density at radius 3 is 2.85 bits per heavy atom. The normalized spacial score (nSPS) is 22.2. The molecule has 1 atom stereocenters. The molecule has 2 aliphatic rings. The zero-order chi connectivity index (χ0) is 18.7. The number of hydrogen-bond donors (Lipinski definition) is 1. The maximum atomic E-state index is 12.3. The van der Waals surface area contributed by atoms with Crippen LogP contribution in [0.15, 0.2) is 24.3 Å². The number of para-hydroxylation sites is 2. The molecule has 1 aromatic carbocycles. The molecule has 0 radical (unpaired) electrons. The summed E-state index contributed by atoms with van der Waals surface area (Å²) in [5.74, 6) is 0.586.